The molecule has 25 heavy (non-hydrogen) atoms. The molecule has 1 saturated heterocycles. The summed E-state index contributed by atoms with van der Waals surface area (Å²) in [6.45, 7) is -0.668. The average molecular weight is 358 g/mol. The minimum atomic E-state index is -4.47. The van der Waals surface area contributed by atoms with Gasteiger partial charge in [0.15, 0.2) is 0 Å². The van der Waals surface area contributed by atoms with Gasteiger partial charge in [-0.2, -0.15) is 13.2 Å². The van der Waals surface area contributed by atoms with Crippen molar-refractivity contribution in [3.63, 3.8) is 0 Å². The van der Waals surface area contributed by atoms with Gasteiger partial charge in [0.1, 0.15) is 12.1 Å². The highest BCUT2D eigenvalue weighted by Crippen LogP contribution is 2.35. The molecule has 0 spiro atoms. The second-order valence-corrected chi connectivity index (χ2v) is 6.83. The fraction of sp³-hybridized carbons (Fsp3) is 0.688. The number of carbonyl (C=O) groups is 2. The van der Waals surface area contributed by atoms with E-state index in [1.807, 2.05) is 5.32 Å². The van der Waals surface area contributed by atoms with Crippen molar-refractivity contribution in [3.8, 4) is 0 Å². The van der Waals surface area contributed by atoms with Gasteiger partial charge in [-0.1, -0.05) is 0 Å². The van der Waals surface area contributed by atoms with Crippen LogP contribution in [-0.2, 0) is 15.1 Å². The van der Waals surface area contributed by atoms with E-state index in [0.717, 1.165) is 12.8 Å². The molecule has 2 heterocycles. The van der Waals surface area contributed by atoms with Gasteiger partial charge in [0.2, 0.25) is 11.8 Å². The van der Waals surface area contributed by atoms with Gasteiger partial charge >= 0.3 is 6.18 Å². The van der Waals surface area contributed by atoms with Crippen LogP contribution in [0.15, 0.2) is 18.7 Å². The molecule has 0 radical (unpaired) electrons. The second-order valence-electron chi connectivity index (χ2n) is 6.83. The molecule has 1 aromatic heterocycles. The molecule has 1 aliphatic heterocycles. The third-order valence-electron chi connectivity index (χ3n) is 4.97. The molecule has 2 aliphatic rings. The number of alkyl halides is 3. The molecular formula is C16H21F3N4O2. The van der Waals surface area contributed by atoms with Crippen LogP contribution < -0.4 is 5.32 Å². The minimum Gasteiger partial charge on any atom is -0.345 e. The van der Waals surface area contributed by atoms with E-state index in [1.165, 1.54) is 12.5 Å². The third-order valence-corrected chi connectivity index (χ3v) is 4.97. The Hall–Kier alpha value is -2.06. The van der Waals surface area contributed by atoms with Crippen molar-refractivity contribution in [2.75, 3.05) is 19.6 Å². The number of imidazole rings is 1. The third kappa shape index (κ3) is 4.13. The minimum absolute atomic E-state index is 0.0671. The molecule has 3 rings (SSSR count). The molecule has 2 fully saturated rings. The van der Waals surface area contributed by atoms with Gasteiger partial charge in [-0.25, -0.2) is 4.98 Å². The monoisotopic (exact) mass is 358 g/mol. The van der Waals surface area contributed by atoms with Gasteiger partial charge in [-0.05, 0) is 31.6 Å². The summed E-state index contributed by atoms with van der Waals surface area (Å²) in [7, 11) is 0. The van der Waals surface area contributed by atoms with Crippen LogP contribution in [0.2, 0.25) is 0 Å². The van der Waals surface area contributed by atoms with Crippen molar-refractivity contribution in [3.05, 3.63) is 18.7 Å². The molecular weight excluding hydrogens is 337 g/mol. The number of likely N-dealkylation sites (tertiary alicyclic amines) is 1. The zero-order valence-electron chi connectivity index (χ0n) is 13.8. The Bertz CT molecular complexity index is 618. The predicted octanol–water partition coefficient (Wildman–Crippen LogP) is 1.68. The van der Waals surface area contributed by atoms with Crippen LogP contribution in [0.1, 0.15) is 32.1 Å². The highest BCUT2D eigenvalue weighted by molar-refractivity contribution is 5.85. The highest BCUT2D eigenvalue weighted by atomic mass is 19.4. The lowest BCUT2D eigenvalue weighted by Crippen LogP contribution is -2.56. The van der Waals surface area contributed by atoms with Crippen LogP contribution in [0.3, 0.4) is 0 Å². The number of piperidine rings is 1. The second kappa shape index (κ2) is 6.68. The van der Waals surface area contributed by atoms with Crippen LogP contribution in [0.25, 0.3) is 0 Å². The maximum atomic E-state index is 12.6. The lowest BCUT2D eigenvalue weighted by molar-refractivity contribution is -0.147. The number of hydrogen-bond acceptors (Lipinski definition) is 3. The number of amides is 2. The van der Waals surface area contributed by atoms with Crippen molar-refractivity contribution in [1.82, 2.24) is 19.8 Å². The molecule has 2 amide bonds. The van der Waals surface area contributed by atoms with Crippen LogP contribution >= 0.6 is 0 Å². The number of hydrogen-bond donors (Lipinski definition) is 1. The number of aromatic nitrogens is 2. The summed E-state index contributed by atoms with van der Waals surface area (Å²) in [6, 6.07) is 0. The average Bonchev–Trinajstić information content (AvgIpc) is 3.20. The number of carbonyl (C=O) groups excluding carboxylic acids is 2. The topological polar surface area (TPSA) is 67.2 Å². The highest BCUT2D eigenvalue weighted by Gasteiger charge is 2.45. The largest absolute Gasteiger partial charge is 0.405 e. The molecule has 6 nitrogen and oxygen atoms in total. The first-order chi connectivity index (χ1) is 11.8. The van der Waals surface area contributed by atoms with Crippen molar-refractivity contribution >= 4 is 11.8 Å². The summed E-state index contributed by atoms with van der Waals surface area (Å²) >= 11 is 0. The molecule has 9 heteroatoms. The maximum Gasteiger partial charge on any atom is 0.405 e. The molecule has 1 N–H and O–H groups in total. The van der Waals surface area contributed by atoms with Gasteiger partial charge in [-0.3, -0.25) is 9.59 Å². The Morgan fingerprint density at radius 1 is 1.24 bits per heavy atom. The van der Waals surface area contributed by atoms with Gasteiger partial charge in [0, 0.05) is 31.9 Å². The Morgan fingerprint density at radius 3 is 2.44 bits per heavy atom. The molecule has 1 aromatic rings. The fourth-order valence-electron chi connectivity index (χ4n) is 3.28. The Kier molecular flexibility index (Phi) is 4.75. The Labute approximate surface area is 143 Å². The van der Waals surface area contributed by atoms with E-state index in [0.29, 0.717) is 25.4 Å². The summed E-state index contributed by atoms with van der Waals surface area (Å²) in [5.74, 6) is -0.141. The summed E-state index contributed by atoms with van der Waals surface area (Å²) < 4.78 is 38.9. The van der Waals surface area contributed by atoms with E-state index in [1.54, 1.807) is 15.7 Å². The lowest BCUT2D eigenvalue weighted by atomic mass is 9.85. The SMILES string of the molecule is O=C(CC1CC1)N1CCC(C(=O)NCC(F)(F)F)(n2ccnc2)CC1. The zero-order valence-corrected chi connectivity index (χ0v) is 13.8. The van der Waals surface area contributed by atoms with Crippen LogP contribution in [0.5, 0.6) is 0 Å². The Balaban J connectivity index is 1.69. The standard InChI is InChI=1S/C16H21F3N4O2/c17-16(18,19)10-21-14(25)15(23-8-5-20-11-23)3-6-22(7-4-15)13(24)9-12-1-2-12/h5,8,11-12H,1-4,6-7,9-10H2,(H,21,25). The molecule has 0 aromatic carbocycles. The molecule has 1 aliphatic carbocycles. The quantitative estimate of drug-likeness (QED) is 0.871. The van der Waals surface area contributed by atoms with E-state index >= 15 is 0 Å². The summed E-state index contributed by atoms with van der Waals surface area (Å²) in [4.78, 5) is 30.4. The Morgan fingerprint density at radius 2 is 1.92 bits per heavy atom. The van der Waals surface area contributed by atoms with Crippen LogP contribution in [0, 0.1) is 5.92 Å². The van der Waals surface area contributed by atoms with Gasteiger partial charge < -0.3 is 14.8 Å². The van der Waals surface area contributed by atoms with Gasteiger partial charge in [-0.15, -0.1) is 0 Å². The van der Waals surface area contributed by atoms with E-state index in [4.69, 9.17) is 0 Å². The van der Waals surface area contributed by atoms with Crippen LogP contribution in [0.4, 0.5) is 13.2 Å². The molecule has 0 bridgehead atoms. The smallest absolute Gasteiger partial charge is 0.345 e. The lowest BCUT2D eigenvalue weighted by Gasteiger charge is -2.41. The zero-order chi connectivity index (χ0) is 18.1. The molecule has 0 unspecified atom stereocenters. The first kappa shape index (κ1) is 17.8. The van der Waals surface area contributed by atoms with E-state index in [9.17, 15) is 22.8 Å². The van der Waals surface area contributed by atoms with E-state index in [-0.39, 0.29) is 18.7 Å². The summed E-state index contributed by atoms with van der Waals surface area (Å²) in [5, 5.41) is 1.99. The summed E-state index contributed by atoms with van der Waals surface area (Å²) in [5.41, 5.74) is -1.14. The number of nitrogens with zero attached hydrogens (tertiary/aromatic N) is 3. The van der Waals surface area contributed by atoms with Crippen molar-refractivity contribution in [2.45, 2.75) is 43.8 Å². The first-order valence-electron chi connectivity index (χ1n) is 8.41. The van der Waals surface area contributed by atoms with E-state index in [2.05, 4.69) is 4.98 Å². The van der Waals surface area contributed by atoms with Crippen molar-refractivity contribution in [2.24, 2.45) is 5.92 Å². The molecule has 138 valence electrons. The number of rotatable bonds is 5. The normalized spacial score (nSPS) is 20.4. The first-order valence-corrected chi connectivity index (χ1v) is 8.41. The van der Waals surface area contributed by atoms with Gasteiger partial charge in [0.25, 0.3) is 0 Å². The van der Waals surface area contributed by atoms with Gasteiger partial charge in [0.05, 0.1) is 6.33 Å². The van der Waals surface area contributed by atoms with Crippen molar-refractivity contribution < 1.29 is 22.8 Å². The fourth-order valence-corrected chi connectivity index (χ4v) is 3.28. The molecule has 1 saturated carbocycles. The maximum absolute atomic E-state index is 12.6. The van der Waals surface area contributed by atoms with E-state index < -0.39 is 24.2 Å². The van der Waals surface area contributed by atoms with Crippen molar-refractivity contribution in [1.29, 1.82) is 0 Å². The van der Waals surface area contributed by atoms with Crippen LogP contribution in [-0.4, -0.2) is 52.1 Å². The molecule has 0 atom stereocenters. The summed E-state index contributed by atoms with van der Waals surface area (Å²) in [6.07, 6.45) is 3.27. The number of nitrogens with one attached hydrogen (secondary N) is 1. The number of halogens is 3. The predicted molar refractivity (Wildman–Crippen MR) is 82.4 cm³/mol.